The Morgan fingerprint density at radius 2 is 0.818 bits per heavy atom. The SMILES string of the molecule is Nc1ccc(C(O)=[OH+])cc1.Nc1ccc(C(O)=[OH+])cc1.c1cc[c]([Pb+2][c]2ccccc2)cc1. The van der Waals surface area contributed by atoms with E-state index in [-0.39, 0.29) is 0 Å². The van der Waals surface area contributed by atoms with Crippen molar-refractivity contribution in [2.45, 2.75) is 0 Å². The molecule has 164 valence electrons. The molecule has 0 fully saturated rings. The number of aromatic carboxylic acids is 2. The molecule has 0 aromatic heterocycles. The molecule has 4 aromatic rings. The first kappa shape index (κ1) is 25.6. The number of rotatable bonds is 4. The fraction of sp³-hybridized carbons (Fsp3) is 0. The summed E-state index contributed by atoms with van der Waals surface area (Å²) >= 11 is -0.740. The normalized spacial score (nSPS) is 9.21. The minimum atomic E-state index is -0.740. The third kappa shape index (κ3) is 10.0. The second kappa shape index (κ2) is 13.7. The third-order valence-electron chi connectivity index (χ3n) is 4.17. The Balaban J connectivity index is 0.000000178. The maximum absolute atomic E-state index is 8.55. The zero-order chi connectivity index (χ0) is 24.1. The summed E-state index contributed by atoms with van der Waals surface area (Å²) in [5.41, 5.74) is 12.7. The molecule has 7 heteroatoms. The van der Waals surface area contributed by atoms with Gasteiger partial charge in [0, 0.05) is 11.4 Å². The second-order valence-corrected chi connectivity index (χ2v) is 12.2. The molecule has 0 unspecified atom stereocenters. The molecule has 6 nitrogen and oxygen atoms in total. The minimum absolute atomic E-state index is 0.370. The Labute approximate surface area is 204 Å². The van der Waals surface area contributed by atoms with Gasteiger partial charge in [-0.05, 0) is 48.5 Å². The Hall–Kier alpha value is -3.66. The zero-order valence-corrected chi connectivity index (χ0v) is 21.7. The number of nitrogen functional groups attached to an aromatic ring is 2. The number of aliphatic hydroxyl groups excluding tert-OH is 2. The number of anilines is 2. The topological polar surface area (TPSA) is 135 Å². The van der Waals surface area contributed by atoms with Crippen molar-refractivity contribution in [2.24, 2.45) is 0 Å². The summed E-state index contributed by atoms with van der Waals surface area (Å²) in [7, 11) is 0. The van der Waals surface area contributed by atoms with E-state index in [2.05, 4.69) is 60.7 Å². The van der Waals surface area contributed by atoms with Gasteiger partial charge in [-0.15, -0.1) is 0 Å². The van der Waals surface area contributed by atoms with E-state index >= 15 is 0 Å². The Kier molecular flexibility index (Phi) is 10.6. The first-order valence-electron chi connectivity index (χ1n) is 9.94. The molecule has 4 aromatic carbocycles. The zero-order valence-electron chi connectivity index (χ0n) is 17.8. The van der Waals surface area contributed by atoms with Gasteiger partial charge in [-0.3, -0.25) is 0 Å². The van der Waals surface area contributed by atoms with Crippen LogP contribution in [0.3, 0.4) is 0 Å². The van der Waals surface area contributed by atoms with Gasteiger partial charge in [-0.2, -0.15) is 0 Å². The van der Waals surface area contributed by atoms with Crippen LogP contribution < -0.4 is 17.7 Å². The molecule has 0 aliphatic heterocycles. The van der Waals surface area contributed by atoms with Crippen LogP contribution in [0.25, 0.3) is 0 Å². The summed E-state index contributed by atoms with van der Waals surface area (Å²) in [4.78, 5) is 17.1. The van der Waals surface area contributed by atoms with E-state index in [0.717, 1.165) is 0 Å². The number of hydrogen-bond acceptors (Lipinski definition) is 2. The molecule has 0 spiro atoms. The van der Waals surface area contributed by atoms with Crippen molar-refractivity contribution in [2.75, 3.05) is 11.5 Å². The van der Waals surface area contributed by atoms with Gasteiger partial charge in [0.2, 0.25) is 0 Å². The van der Waals surface area contributed by atoms with Crippen molar-refractivity contribution in [3.05, 3.63) is 120 Å². The summed E-state index contributed by atoms with van der Waals surface area (Å²) in [6, 6.07) is 34.2. The third-order valence-corrected chi connectivity index (χ3v) is 9.01. The quantitative estimate of drug-likeness (QED) is 0.156. The van der Waals surface area contributed by atoms with Gasteiger partial charge in [0.1, 0.15) is 11.1 Å². The van der Waals surface area contributed by atoms with Crippen LogP contribution in [0.5, 0.6) is 0 Å². The molecule has 0 bridgehead atoms. The number of nitrogens with two attached hydrogens (primary N) is 2. The van der Waals surface area contributed by atoms with Crippen molar-refractivity contribution in [1.29, 1.82) is 0 Å². The molecule has 33 heavy (non-hydrogen) atoms. The standard InChI is InChI=1S/2C7H7NO2.2C6H5.Pb/c2*8-6-3-1-5(2-4-6)7(9)10;2*1-2-4-6-5-3-1;/h2*1-4H,8H2,(H,9,10);2*1-5H;/q;;;;+2/p+2. The Morgan fingerprint density at radius 1 is 0.515 bits per heavy atom. The number of benzene rings is 4. The molecule has 0 heterocycles. The molecule has 0 aliphatic rings. The van der Waals surface area contributed by atoms with Gasteiger partial charge in [0.05, 0.1) is 0 Å². The van der Waals surface area contributed by atoms with Crippen LogP contribution in [0, 0.1) is 0 Å². The maximum atomic E-state index is 8.55. The van der Waals surface area contributed by atoms with Crippen LogP contribution in [0.4, 0.5) is 11.4 Å². The van der Waals surface area contributed by atoms with E-state index in [1.54, 1.807) is 30.5 Å². The van der Waals surface area contributed by atoms with E-state index in [4.69, 9.17) is 31.3 Å². The van der Waals surface area contributed by atoms with Crippen molar-refractivity contribution >= 4 is 53.8 Å². The van der Waals surface area contributed by atoms with Crippen LogP contribution >= 0.6 is 0 Å². The van der Waals surface area contributed by atoms with Crippen LogP contribution in [-0.4, -0.2) is 56.0 Å². The van der Waals surface area contributed by atoms with E-state index in [1.807, 2.05) is 0 Å². The van der Waals surface area contributed by atoms with Crippen molar-refractivity contribution in [1.82, 2.24) is 0 Å². The van der Waals surface area contributed by atoms with Crippen LogP contribution in [0.15, 0.2) is 109 Å². The molecule has 0 aliphatic carbocycles. The van der Waals surface area contributed by atoms with E-state index in [1.165, 1.54) is 24.3 Å². The number of carboxylic acids is 2. The second-order valence-electron chi connectivity index (χ2n) is 6.75. The summed E-state index contributed by atoms with van der Waals surface area (Å²) < 4.78 is 3.13. The van der Waals surface area contributed by atoms with Gasteiger partial charge >= 0.3 is 103 Å². The molecule has 0 atom stereocenters. The van der Waals surface area contributed by atoms with Crippen molar-refractivity contribution < 1.29 is 19.8 Å². The van der Waals surface area contributed by atoms with Crippen LogP contribution in [0.2, 0.25) is 0 Å². The molecule has 0 radical (unpaired) electrons. The van der Waals surface area contributed by atoms with Crippen molar-refractivity contribution in [3.8, 4) is 0 Å². The van der Waals surface area contributed by atoms with Crippen molar-refractivity contribution in [3.63, 3.8) is 0 Å². The van der Waals surface area contributed by atoms with E-state index in [9.17, 15) is 0 Å². The monoisotopic (exact) mass is 638 g/mol. The molecule has 8 N–H and O–H groups in total. The molecule has 0 saturated carbocycles. The van der Waals surface area contributed by atoms with Gasteiger partial charge < -0.3 is 31.3 Å². The van der Waals surface area contributed by atoms with Gasteiger partial charge in [-0.1, -0.05) is 0 Å². The van der Waals surface area contributed by atoms with Crippen LogP contribution in [-0.2, 0) is 0 Å². The first-order valence-corrected chi connectivity index (χ1v) is 13.8. The Morgan fingerprint density at radius 3 is 1.09 bits per heavy atom. The molecule has 4 rings (SSSR count). The fourth-order valence-electron chi connectivity index (χ4n) is 2.47. The molecular formula is C26H26N2O4Pb+4. The van der Waals surface area contributed by atoms with Gasteiger partial charge in [0.15, 0.2) is 0 Å². The molecule has 0 saturated heterocycles. The number of carboxylic acid groups (broad SMARTS) is 2. The first-order chi connectivity index (χ1) is 15.8. The van der Waals surface area contributed by atoms with Gasteiger partial charge in [-0.25, -0.2) is 0 Å². The predicted molar refractivity (Wildman–Crippen MR) is 137 cm³/mol. The van der Waals surface area contributed by atoms with Crippen LogP contribution in [0.1, 0.15) is 11.1 Å². The average molecular weight is 638 g/mol. The molecule has 0 amide bonds. The summed E-state index contributed by atoms with van der Waals surface area (Å²) in [6.07, 6.45) is 0. The molecular weight excluding hydrogens is 611 g/mol. The predicted octanol–water partition coefficient (Wildman–Crippen LogP) is 2.70. The average Bonchev–Trinajstić information content (AvgIpc) is 2.82. The van der Waals surface area contributed by atoms with Gasteiger partial charge in [0.25, 0.3) is 0 Å². The summed E-state index contributed by atoms with van der Waals surface area (Å²) in [5.74, 6) is -1.36. The fourth-order valence-corrected chi connectivity index (χ4v) is 6.56. The Bertz CT molecular complexity index is 1040. The van der Waals surface area contributed by atoms with E-state index in [0.29, 0.717) is 22.5 Å². The summed E-state index contributed by atoms with van der Waals surface area (Å²) in [6.45, 7) is 0. The van der Waals surface area contributed by atoms with E-state index < -0.39 is 36.2 Å². The summed E-state index contributed by atoms with van der Waals surface area (Å²) in [5, 5.41) is 17.1. The number of hydrogen-bond donors (Lipinski definition) is 4.